The van der Waals surface area contributed by atoms with Gasteiger partial charge in [0.15, 0.2) is 5.78 Å². The van der Waals surface area contributed by atoms with E-state index in [0.717, 1.165) is 32.8 Å². The van der Waals surface area contributed by atoms with Gasteiger partial charge in [-0.15, -0.1) is 0 Å². The van der Waals surface area contributed by atoms with Crippen LogP contribution in [0.2, 0.25) is 0 Å². The first kappa shape index (κ1) is 23.9. The highest BCUT2D eigenvalue weighted by molar-refractivity contribution is 6.10. The molecule has 0 bridgehead atoms. The van der Waals surface area contributed by atoms with Crippen LogP contribution in [0.1, 0.15) is 58.2 Å². The predicted molar refractivity (Wildman–Crippen MR) is 136 cm³/mol. The maximum atomic E-state index is 13.0. The van der Waals surface area contributed by atoms with Crippen molar-refractivity contribution in [1.29, 1.82) is 0 Å². The lowest BCUT2D eigenvalue weighted by molar-refractivity contribution is 0.0342. The molecule has 1 fully saturated rings. The van der Waals surface area contributed by atoms with E-state index in [-0.39, 0.29) is 17.1 Å². The third-order valence-electron chi connectivity index (χ3n) is 6.12. The van der Waals surface area contributed by atoms with Crippen molar-refractivity contribution in [1.82, 2.24) is 4.90 Å². The Morgan fingerprint density at radius 2 is 1.50 bits per heavy atom. The molecule has 1 aliphatic rings. The second-order valence-corrected chi connectivity index (χ2v) is 9.78. The highest BCUT2D eigenvalue weighted by atomic mass is 16.5. The van der Waals surface area contributed by atoms with Crippen LogP contribution < -0.4 is 5.32 Å². The first-order chi connectivity index (χ1) is 16.3. The second-order valence-electron chi connectivity index (χ2n) is 9.78. The number of hydrogen-bond acceptors (Lipinski definition) is 4. The Labute approximate surface area is 201 Å². The third kappa shape index (κ3) is 5.99. The zero-order chi connectivity index (χ0) is 24.1. The van der Waals surface area contributed by atoms with Gasteiger partial charge in [0, 0.05) is 42.0 Å². The standard InChI is InChI=1S/C29H32N2O3/c1-29(2,3)25-13-11-22(12-14-25)27(32)24-5-4-6-26(19-24)30-28(33)23-9-7-21(8-10-23)20-31-15-17-34-18-16-31/h4-14,19H,15-18,20H2,1-3H3,(H,30,33). The van der Waals surface area contributed by atoms with Crippen LogP contribution >= 0.6 is 0 Å². The van der Waals surface area contributed by atoms with E-state index in [0.29, 0.717) is 22.4 Å². The Hall–Kier alpha value is -3.28. The number of hydrogen-bond donors (Lipinski definition) is 1. The minimum absolute atomic E-state index is 0.0342. The maximum absolute atomic E-state index is 13.0. The van der Waals surface area contributed by atoms with Crippen LogP contribution in [0.3, 0.4) is 0 Å². The van der Waals surface area contributed by atoms with Crippen molar-refractivity contribution in [2.24, 2.45) is 0 Å². The lowest BCUT2D eigenvalue weighted by atomic mass is 9.86. The molecule has 4 rings (SSSR count). The number of ketones is 1. The smallest absolute Gasteiger partial charge is 0.255 e. The average molecular weight is 457 g/mol. The topological polar surface area (TPSA) is 58.6 Å². The van der Waals surface area contributed by atoms with E-state index in [1.807, 2.05) is 48.5 Å². The van der Waals surface area contributed by atoms with E-state index in [9.17, 15) is 9.59 Å². The molecule has 1 N–H and O–H groups in total. The summed E-state index contributed by atoms with van der Waals surface area (Å²) in [5.74, 6) is -0.263. The van der Waals surface area contributed by atoms with Crippen molar-refractivity contribution in [2.45, 2.75) is 32.7 Å². The number of nitrogens with zero attached hydrogens (tertiary/aromatic N) is 1. The highest BCUT2D eigenvalue weighted by Crippen LogP contribution is 2.23. The molecule has 3 aromatic carbocycles. The number of anilines is 1. The maximum Gasteiger partial charge on any atom is 0.255 e. The van der Waals surface area contributed by atoms with Gasteiger partial charge in [-0.1, -0.05) is 69.3 Å². The first-order valence-electron chi connectivity index (χ1n) is 11.8. The van der Waals surface area contributed by atoms with Gasteiger partial charge in [0.25, 0.3) is 5.91 Å². The first-order valence-corrected chi connectivity index (χ1v) is 11.8. The van der Waals surface area contributed by atoms with Crippen LogP contribution in [-0.4, -0.2) is 42.9 Å². The molecule has 1 heterocycles. The molecule has 1 saturated heterocycles. The van der Waals surface area contributed by atoms with E-state index in [4.69, 9.17) is 4.74 Å². The predicted octanol–water partition coefficient (Wildman–Crippen LogP) is 5.30. The molecule has 0 radical (unpaired) electrons. The van der Waals surface area contributed by atoms with Gasteiger partial charge < -0.3 is 10.1 Å². The molecule has 176 valence electrons. The quantitative estimate of drug-likeness (QED) is 0.512. The van der Waals surface area contributed by atoms with Crippen molar-refractivity contribution in [3.8, 4) is 0 Å². The molecule has 1 aliphatic heterocycles. The number of morpholine rings is 1. The van der Waals surface area contributed by atoms with Crippen molar-refractivity contribution in [3.63, 3.8) is 0 Å². The van der Waals surface area contributed by atoms with E-state index in [2.05, 4.69) is 31.0 Å². The van der Waals surface area contributed by atoms with E-state index >= 15 is 0 Å². The molecule has 5 heteroatoms. The molecule has 0 aromatic heterocycles. The van der Waals surface area contributed by atoms with Crippen LogP contribution in [0, 0.1) is 0 Å². The summed E-state index contributed by atoms with van der Waals surface area (Å²) in [6.07, 6.45) is 0. The molecular weight excluding hydrogens is 424 g/mol. The van der Waals surface area contributed by atoms with Crippen LogP contribution in [0.4, 0.5) is 5.69 Å². The Balaban J connectivity index is 1.40. The number of ether oxygens (including phenoxy) is 1. The summed E-state index contributed by atoms with van der Waals surface area (Å²) in [5.41, 5.74) is 4.74. The fourth-order valence-corrected chi connectivity index (χ4v) is 4.01. The van der Waals surface area contributed by atoms with Gasteiger partial charge in [0.05, 0.1) is 13.2 Å². The minimum Gasteiger partial charge on any atom is -0.379 e. The van der Waals surface area contributed by atoms with E-state index in [1.165, 1.54) is 11.1 Å². The van der Waals surface area contributed by atoms with Crippen molar-refractivity contribution >= 4 is 17.4 Å². The van der Waals surface area contributed by atoms with Gasteiger partial charge in [0.1, 0.15) is 0 Å². The molecule has 0 spiro atoms. The molecule has 0 saturated carbocycles. The zero-order valence-corrected chi connectivity index (χ0v) is 20.1. The number of benzene rings is 3. The Morgan fingerprint density at radius 3 is 2.15 bits per heavy atom. The minimum atomic E-state index is -0.197. The fraction of sp³-hybridized carbons (Fsp3) is 0.310. The van der Waals surface area contributed by atoms with Gasteiger partial charge in [0.2, 0.25) is 0 Å². The molecule has 0 aliphatic carbocycles. The average Bonchev–Trinajstić information content (AvgIpc) is 2.84. The Morgan fingerprint density at radius 1 is 0.853 bits per heavy atom. The second kappa shape index (κ2) is 10.3. The normalized spacial score (nSPS) is 14.6. The molecule has 3 aromatic rings. The van der Waals surface area contributed by atoms with Crippen molar-refractivity contribution in [2.75, 3.05) is 31.6 Å². The molecular formula is C29H32N2O3. The lowest BCUT2D eigenvalue weighted by Crippen LogP contribution is -2.35. The molecule has 34 heavy (non-hydrogen) atoms. The number of rotatable bonds is 6. The summed E-state index contributed by atoms with van der Waals surface area (Å²) in [4.78, 5) is 28.1. The SMILES string of the molecule is CC(C)(C)c1ccc(C(=O)c2cccc(NC(=O)c3ccc(CN4CCOCC4)cc3)c2)cc1. The van der Waals surface area contributed by atoms with Crippen LogP contribution in [0.25, 0.3) is 0 Å². The van der Waals surface area contributed by atoms with E-state index in [1.54, 1.807) is 24.3 Å². The van der Waals surface area contributed by atoms with Crippen molar-refractivity contribution < 1.29 is 14.3 Å². The third-order valence-corrected chi connectivity index (χ3v) is 6.12. The summed E-state index contributed by atoms with van der Waals surface area (Å²) in [7, 11) is 0. The van der Waals surface area contributed by atoms with Crippen molar-refractivity contribution in [3.05, 3.63) is 101 Å². The summed E-state index contributed by atoms with van der Waals surface area (Å²) >= 11 is 0. The number of nitrogens with one attached hydrogen (secondary N) is 1. The van der Waals surface area contributed by atoms with Gasteiger partial charge in [-0.2, -0.15) is 0 Å². The molecule has 1 amide bonds. The fourth-order valence-electron chi connectivity index (χ4n) is 4.01. The van der Waals surface area contributed by atoms with E-state index < -0.39 is 0 Å². The highest BCUT2D eigenvalue weighted by Gasteiger charge is 2.16. The largest absolute Gasteiger partial charge is 0.379 e. The van der Waals surface area contributed by atoms with Gasteiger partial charge >= 0.3 is 0 Å². The van der Waals surface area contributed by atoms with Crippen LogP contribution in [0.5, 0.6) is 0 Å². The monoisotopic (exact) mass is 456 g/mol. The molecule has 5 nitrogen and oxygen atoms in total. The Bertz CT molecular complexity index is 1140. The molecule has 0 unspecified atom stereocenters. The number of amides is 1. The summed E-state index contributed by atoms with van der Waals surface area (Å²) in [5, 5.41) is 2.92. The van der Waals surface area contributed by atoms with Gasteiger partial charge in [-0.25, -0.2) is 0 Å². The summed E-state index contributed by atoms with van der Waals surface area (Å²) in [6.45, 7) is 10.7. The number of carbonyl (C=O) groups is 2. The van der Waals surface area contributed by atoms with Crippen LogP contribution in [-0.2, 0) is 16.7 Å². The summed E-state index contributed by atoms with van der Waals surface area (Å²) < 4.78 is 5.39. The number of carbonyl (C=O) groups excluding carboxylic acids is 2. The molecule has 0 atom stereocenters. The summed E-state index contributed by atoms with van der Waals surface area (Å²) in [6, 6.07) is 22.5. The lowest BCUT2D eigenvalue weighted by Gasteiger charge is -2.26. The Kier molecular flexibility index (Phi) is 7.25. The van der Waals surface area contributed by atoms with Crippen LogP contribution in [0.15, 0.2) is 72.8 Å². The van der Waals surface area contributed by atoms with Gasteiger partial charge in [-0.3, -0.25) is 14.5 Å². The zero-order valence-electron chi connectivity index (χ0n) is 20.1. The van der Waals surface area contributed by atoms with Gasteiger partial charge in [-0.05, 0) is 40.8 Å².